The second-order valence-electron chi connectivity index (χ2n) is 5.22. The number of hydrogen-bond acceptors (Lipinski definition) is 4. The Hall–Kier alpha value is -3.32. The summed E-state index contributed by atoms with van der Waals surface area (Å²) >= 11 is 0. The monoisotopic (exact) mass is 315 g/mol. The third-order valence-corrected chi connectivity index (χ3v) is 3.36. The van der Waals surface area contributed by atoms with Crippen molar-refractivity contribution in [1.29, 1.82) is 0 Å². The molecule has 0 aliphatic rings. The van der Waals surface area contributed by atoms with E-state index < -0.39 is 0 Å². The van der Waals surface area contributed by atoms with Crippen LogP contribution in [0.5, 0.6) is 5.88 Å². The predicted octanol–water partition coefficient (Wildman–Crippen LogP) is 3.23. The quantitative estimate of drug-likeness (QED) is 0.751. The number of benzene rings is 1. The van der Waals surface area contributed by atoms with Gasteiger partial charge in [-0.05, 0) is 29.3 Å². The van der Waals surface area contributed by atoms with Crippen molar-refractivity contribution in [1.82, 2.24) is 9.97 Å². The highest BCUT2D eigenvalue weighted by Gasteiger charge is 1.97. The lowest BCUT2D eigenvalue weighted by Gasteiger charge is -2.05. The maximum Gasteiger partial charge on any atom is 0.213 e. The fraction of sp³-hybridized carbons (Fsp3) is 0.100. The molecule has 0 saturated carbocycles. The molecule has 0 atom stereocenters. The van der Waals surface area contributed by atoms with Crippen molar-refractivity contribution in [3.8, 4) is 17.7 Å². The van der Waals surface area contributed by atoms with Crippen LogP contribution in [0.25, 0.3) is 0 Å². The number of nitrogens with zero attached hydrogens (tertiary/aromatic N) is 2. The van der Waals surface area contributed by atoms with Gasteiger partial charge in [0.1, 0.15) is 12.4 Å². The Labute approximate surface area is 141 Å². The van der Waals surface area contributed by atoms with Gasteiger partial charge in [-0.15, -0.1) is 0 Å². The van der Waals surface area contributed by atoms with Gasteiger partial charge < -0.3 is 10.5 Å². The highest BCUT2D eigenvalue weighted by molar-refractivity contribution is 5.38. The lowest BCUT2D eigenvalue weighted by molar-refractivity contribution is 0.294. The Balaban J connectivity index is 1.54. The van der Waals surface area contributed by atoms with E-state index >= 15 is 0 Å². The first kappa shape index (κ1) is 15.6. The first-order valence-corrected chi connectivity index (χ1v) is 7.62. The summed E-state index contributed by atoms with van der Waals surface area (Å²) in [4.78, 5) is 8.15. The number of rotatable bonds is 4. The summed E-state index contributed by atoms with van der Waals surface area (Å²) in [6.07, 6.45) is 4.08. The summed E-state index contributed by atoms with van der Waals surface area (Å²) in [5.74, 6) is 7.36. The molecule has 2 N–H and O–H groups in total. The van der Waals surface area contributed by atoms with Crippen LogP contribution in [0.4, 0.5) is 5.82 Å². The second-order valence-corrected chi connectivity index (χ2v) is 5.22. The van der Waals surface area contributed by atoms with Crippen molar-refractivity contribution in [3.05, 3.63) is 83.7 Å². The Bertz CT molecular complexity index is 832. The predicted molar refractivity (Wildman–Crippen MR) is 94.2 cm³/mol. The van der Waals surface area contributed by atoms with Crippen LogP contribution in [0.1, 0.15) is 16.7 Å². The molecule has 3 rings (SSSR count). The number of pyridine rings is 2. The molecule has 4 nitrogen and oxygen atoms in total. The fourth-order valence-electron chi connectivity index (χ4n) is 2.07. The number of hydrogen-bond donors (Lipinski definition) is 1. The number of nitrogens with two attached hydrogens (primary N) is 1. The Morgan fingerprint density at radius 1 is 0.917 bits per heavy atom. The summed E-state index contributed by atoms with van der Waals surface area (Å²) in [5, 5.41) is 0. The van der Waals surface area contributed by atoms with Crippen LogP contribution in [0, 0.1) is 11.8 Å². The van der Waals surface area contributed by atoms with Crippen LogP contribution in [-0.4, -0.2) is 9.97 Å². The lowest BCUT2D eigenvalue weighted by atomic mass is 10.1. The van der Waals surface area contributed by atoms with E-state index in [0.29, 0.717) is 24.7 Å². The number of ether oxygens (including phenoxy) is 1. The molecule has 0 bridgehead atoms. The molecule has 24 heavy (non-hydrogen) atoms. The minimum atomic E-state index is 0.500. The van der Waals surface area contributed by atoms with Gasteiger partial charge in [0.25, 0.3) is 0 Å². The van der Waals surface area contributed by atoms with Crippen LogP contribution < -0.4 is 10.5 Å². The van der Waals surface area contributed by atoms with Gasteiger partial charge in [-0.3, -0.25) is 0 Å². The van der Waals surface area contributed by atoms with Crippen molar-refractivity contribution in [3.63, 3.8) is 0 Å². The standard InChI is InChI=1S/C20H17N3O/c21-19-12-11-17(14-23-19)5-3-4-16-7-9-18(10-8-16)15-24-20-6-1-2-13-22-20/h1-2,6-14H,4,15H2,(H2,21,23). The molecule has 0 aliphatic carbocycles. The van der Waals surface area contributed by atoms with Crippen LogP contribution >= 0.6 is 0 Å². The molecule has 0 amide bonds. The highest BCUT2D eigenvalue weighted by atomic mass is 16.5. The van der Waals surface area contributed by atoms with E-state index in [-0.39, 0.29) is 0 Å². The molecular weight excluding hydrogens is 298 g/mol. The lowest BCUT2D eigenvalue weighted by Crippen LogP contribution is -1.97. The average molecular weight is 315 g/mol. The van der Waals surface area contributed by atoms with Gasteiger partial charge in [-0.1, -0.05) is 42.2 Å². The molecule has 0 radical (unpaired) electrons. The smallest absolute Gasteiger partial charge is 0.213 e. The zero-order valence-corrected chi connectivity index (χ0v) is 13.1. The number of aromatic nitrogens is 2. The third kappa shape index (κ3) is 4.59. The summed E-state index contributed by atoms with van der Waals surface area (Å²) in [6.45, 7) is 0.500. The Morgan fingerprint density at radius 3 is 2.46 bits per heavy atom. The Morgan fingerprint density at radius 2 is 1.75 bits per heavy atom. The van der Waals surface area contributed by atoms with Crippen LogP contribution in [0.3, 0.4) is 0 Å². The van der Waals surface area contributed by atoms with E-state index in [9.17, 15) is 0 Å². The van der Waals surface area contributed by atoms with Crippen LogP contribution in [0.2, 0.25) is 0 Å². The van der Waals surface area contributed by atoms with E-state index in [1.54, 1.807) is 18.5 Å². The van der Waals surface area contributed by atoms with Crippen molar-refractivity contribution in [2.45, 2.75) is 13.0 Å². The molecule has 0 unspecified atom stereocenters. The van der Waals surface area contributed by atoms with Crippen molar-refractivity contribution >= 4 is 5.82 Å². The van der Waals surface area contributed by atoms with Gasteiger partial charge in [-0.25, -0.2) is 9.97 Å². The fourth-order valence-corrected chi connectivity index (χ4v) is 2.07. The molecule has 0 fully saturated rings. The molecule has 1 aromatic carbocycles. The molecule has 0 saturated heterocycles. The van der Waals surface area contributed by atoms with Gasteiger partial charge in [-0.2, -0.15) is 0 Å². The minimum Gasteiger partial charge on any atom is -0.473 e. The van der Waals surface area contributed by atoms with Gasteiger partial charge >= 0.3 is 0 Å². The van der Waals surface area contributed by atoms with Crippen molar-refractivity contribution in [2.75, 3.05) is 5.73 Å². The highest BCUT2D eigenvalue weighted by Crippen LogP contribution is 2.10. The van der Waals surface area contributed by atoms with Crippen LogP contribution in [0.15, 0.2) is 67.0 Å². The van der Waals surface area contributed by atoms with Gasteiger partial charge in [0, 0.05) is 30.4 Å². The first-order valence-electron chi connectivity index (χ1n) is 7.62. The molecule has 2 aromatic heterocycles. The molecule has 0 spiro atoms. The average Bonchev–Trinajstić information content (AvgIpc) is 2.64. The molecule has 118 valence electrons. The summed E-state index contributed by atoms with van der Waals surface area (Å²) < 4.78 is 5.62. The van der Waals surface area contributed by atoms with Gasteiger partial charge in [0.15, 0.2) is 0 Å². The minimum absolute atomic E-state index is 0.500. The molecule has 3 aromatic rings. The van der Waals surface area contributed by atoms with Gasteiger partial charge in [0.2, 0.25) is 5.88 Å². The van der Waals surface area contributed by atoms with Gasteiger partial charge in [0.05, 0.1) is 0 Å². The second kappa shape index (κ2) is 7.80. The van der Waals surface area contributed by atoms with E-state index in [4.69, 9.17) is 10.5 Å². The number of anilines is 1. The molecular formula is C20H17N3O. The Kier molecular flexibility index (Phi) is 5.06. The maximum atomic E-state index is 5.62. The summed E-state index contributed by atoms with van der Waals surface area (Å²) in [7, 11) is 0. The largest absolute Gasteiger partial charge is 0.473 e. The molecule has 0 aliphatic heterocycles. The van der Waals surface area contributed by atoms with E-state index in [1.165, 1.54) is 0 Å². The van der Waals surface area contributed by atoms with Crippen LogP contribution in [-0.2, 0) is 13.0 Å². The maximum absolute atomic E-state index is 5.62. The zero-order valence-electron chi connectivity index (χ0n) is 13.1. The van der Waals surface area contributed by atoms with E-state index in [1.807, 2.05) is 36.4 Å². The SMILES string of the molecule is Nc1ccc(C#CCc2ccc(COc3ccccn3)cc2)cn1. The topological polar surface area (TPSA) is 61.0 Å². The zero-order chi connectivity index (χ0) is 16.6. The summed E-state index contributed by atoms with van der Waals surface area (Å²) in [5.41, 5.74) is 8.67. The van der Waals surface area contributed by atoms with E-state index in [0.717, 1.165) is 16.7 Å². The molecule has 4 heteroatoms. The first-order chi connectivity index (χ1) is 11.8. The molecule has 2 heterocycles. The number of nitrogen functional groups attached to an aromatic ring is 1. The summed E-state index contributed by atoms with van der Waals surface area (Å²) in [6, 6.07) is 17.4. The normalized spacial score (nSPS) is 9.83. The van der Waals surface area contributed by atoms with Crippen molar-refractivity contribution < 1.29 is 4.74 Å². The third-order valence-electron chi connectivity index (χ3n) is 3.36. The van der Waals surface area contributed by atoms with Crippen molar-refractivity contribution in [2.24, 2.45) is 0 Å². The van der Waals surface area contributed by atoms with E-state index in [2.05, 4.69) is 33.9 Å².